The highest BCUT2D eigenvalue weighted by atomic mass is 32.2. The lowest BCUT2D eigenvalue weighted by molar-refractivity contribution is 0.0966. The molecule has 5 rings (SSSR count). The lowest BCUT2D eigenvalue weighted by Crippen LogP contribution is -2.37. The van der Waals surface area contributed by atoms with Gasteiger partial charge in [0.2, 0.25) is 6.79 Å². The summed E-state index contributed by atoms with van der Waals surface area (Å²) in [4.78, 5) is 13.0. The van der Waals surface area contributed by atoms with Crippen molar-refractivity contribution in [3.8, 4) is 11.5 Å². The Morgan fingerprint density at radius 2 is 1.67 bits per heavy atom. The molecule has 3 aromatic rings. The smallest absolute Gasteiger partial charge is 0.280 e. The van der Waals surface area contributed by atoms with Gasteiger partial charge >= 0.3 is 0 Å². The summed E-state index contributed by atoms with van der Waals surface area (Å²) in [5.74, 6) is 0.615. The summed E-state index contributed by atoms with van der Waals surface area (Å²) >= 11 is 0. The second kappa shape index (κ2) is 7.00. The highest BCUT2D eigenvalue weighted by molar-refractivity contribution is 7.89. The maximum Gasteiger partial charge on any atom is 0.280 e. The number of benzene rings is 3. The van der Waals surface area contributed by atoms with Crippen LogP contribution in [0.5, 0.6) is 11.5 Å². The number of rotatable bonds is 4. The van der Waals surface area contributed by atoms with Gasteiger partial charge in [-0.2, -0.15) is 17.9 Å². The maximum absolute atomic E-state index is 13.2. The summed E-state index contributed by atoms with van der Waals surface area (Å²) in [5, 5.41) is 4.37. The number of ketones is 1. The molecule has 0 N–H and O–H groups in total. The van der Waals surface area contributed by atoms with E-state index in [0.29, 0.717) is 28.3 Å². The molecule has 0 aliphatic carbocycles. The lowest BCUT2D eigenvalue weighted by Gasteiger charge is -2.26. The van der Waals surface area contributed by atoms with Gasteiger partial charge in [0.15, 0.2) is 17.3 Å². The van der Waals surface area contributed by atoms with Crippen LogP contribution in [0.25, 0.3) is 0 Å². The molecule has 0 atom stereocenters. The van der Waals surface area contributed by atoms with Crippen molar-refractivity contribution in [3.05, 3.63) is 89.5 Å². The van der Waals surface area contributed by atoms with Crippen molar-refractivity contribution in [3.63, 3.8) is 0 Å². The van der Waals surface area contributed by atoms with E-state index in [-0.39, 0.29) is 11.7 Å². The highest BCUT2D eigenvalue weighted by Gasteiger charge is 2.34. The van der Waals surface area contributed by atoms with Crippen LogP contribution in [0.2, 0.25) is 0 Å². The van der Waals surface area contributed by atoms with Gasteiger partial charge in [-0.3, -0.25) is 4.79 Å². The van der Waals surface area contributed by atoms with Crippen molar-refractivity contribution >= 4 is 21.5 Å². The number of hydrogen-bond acceptors (Lipinski definition) is 6. The van der Waals surface area contributed by atoms with Crippen molar-refractivity contribution in [1.82, 2.24) is 4.41 Å². The number of hydrogen-bond donors (Lipinski definition) is 0. The van der Waals surface area contributed by atoms with Crippen LogP contribution in [0, 0.1) is 0 Å². The number of carbonyl (C=O) groups excluding carboxylic acids is 1. The van der Waals surface area contributed by atoms with E-state index >= 15 is 0 Å². The number of sulfonamides is 1. The van der Waals surface area contributed by atoms with E-state index in [1.807, 2.05) is 30.3 Å². The molecule has 0 unspecified atom stereocenters. The molecule has 0 saturated heterocycles. The zero-order valence-electron chi connectivity index (χ0n) is 15.7. The van der Waals surface area contributed by atoms with Crippen LogP contribution < -0.4 is 9.47 Å². The van der Waals surface area contributed by atoms with Gasteiger partial charge in [0.25, 0.3) is 10.0 Å². The Kier molecular flexibility index (Phi) is 4.29. The highest BCUT2D eigenvalue weighted by Crippen LogP contribution is 2.33. The molecular weight excluding hydrogens is 404 g/mol. The van der Waals surface area contributed by atoms with E-state index in [0.717, 1.165) is 9.98 Å². The number of ether oxygens (including phenoxy) is 2. The molecule has 2 heterocycles. The minimum atomic E-state index is -3.97. The van der Waals surface area contributed by atoms with Crippen LogP contribution in [0.15, 0.2) is 82.8 Å². The second-order valence-electron chi connectivity index (χ2n) is 6.79. The lowest BCUT2D eigenvalue weighted by atomic mass is 10.0. The third-order valence-corrected chi connectivity index (χ3v) is 6.61. The van der Waals surface area contributed by atoms with Gasteiger partial charge in [-0.1, -0.05) is 48.5 Å². The van der Waals surface area contributed by atoms with E-state index < -0.39 is 22.4 Å². The first-order valence-corrected chi connectivity index (χ1v) is 10.7. The van der Waals surface area contributed by atoms with Crippen LogP contribution in [0.1, 0.15) is 21.5 Å². The van der Waals surface area contributed by atoms with Gasteiger partial charge in [0, 0.05) is 16.7 Å². The molecule has 0 fully saturated rings. The molecule has 30 heavy (non-hydrogen) atoms. The van der Waals surface area contributed by atoms with E-state index in [1.54, 1.807) is 36.4 Å². The second-order valence-corrected chi connectivity index (χ2v) is 8.60. The van der Waals surface area contributed by atoms with Crippen LogP contribution in [-0.2, 0) is 10.0 Å². The Morgan fingerprint density at radius 1 is 0.933 bits per heavy atom. The molecule has 2 aliphatic heterocycles. The van der Waals surface area contributed by atoms with Crippen LogP contribution in [0.4, 0.5) is 0 Å². The zero-order chi connectivity index (χ0) is 20.7. The fourth-order valence-corrected chi connectivity index (χ4v) is 4.83. The molecule has 0 bridgehead atoms. The van der Waals surface area contributed by atoms with E-state index in [4.69, 9.17) is 9.47 Å². The van der Waals surface area contributed by atoms with Crippen LogP contribution in [0.3, 0.4) is 0 Å². The van der Waals surface area contributed by atoms with Gasteiger partial charge in [-0.15, -0.1) is 0 Å². The van der Waals surface area contributed by atoms with Gasteiger partial charge in [0.1, 0.15) is 12.3 Å². The van der Waals surface area contributed by atoms with Crippen molar-refractivity contribution in [2.45, 2.75) is 4.90 Å². The quantitative estimate of drug-likeness (QED) is 0.606. The van der Waals surface area contributed by atoms with Crippen LogP contribution in [-0.4, -0.2) is 37.7 Å². The number of fused-ring (bicyclic) bond motifs is 2. The predicted octanol–water partition coefficient (Wildman–Crippen LogP) is 3.05. The number of nitrogens with zero attached hydrogens (tertiary/aromatic N) is 2. The minimum absolute atomic E-state index is 0.0923. The topological polar surface area (TPSA) is 85.3 Å². The summed E-state index contributed by atoms with van der Waals surface area (Å²) in [6.07, 6.45) is 0. The summed E-state index contributed by atoms with van der Waals surface area (Å²) in [6.45, 7) is -0.332. The Labute approximate surface area is 173 Å². The van der Waals surface area contributed by atoms with Gasteiger partial charge in [-0.25, -0.2) is 0 Å². The normalized spacial score (nSPS) is 16.0. The molecule has 8 heteroatoms. The standard InChI is InChI=1S/C22H16N2O5S/c25-18(16-10-11-19-20(12-16)29-14-28-19)13-24-23-22(15-6-2-1-3-7-15)17-8-4-5-9-21(17)30(24,26)27/h1-12H,13-14H2. The average molecular weight is 420 g/mol. The molecule has 0 amide bonds. The Hall–Kier alpha value is -3.65. The summed E-state index contributed by atoms with van der Waals surface area (Å²) in [6, 6.07) is 20.7. The molecule has 150 valence electrons. The summed E-state index contributed by atoms with van der Waals surface area (Å²) in [7, 11) is -3.97. The Bertz CT molecular complexity index is 1290. The molecule has 0 radical (unpaired) electrons. The predicted molar refractivity (Wildman–Crippen MR) is 109 cm³/mol. The van der Waals surface area contributed by atoms with Gasteiger partial charge in [-0.05, 0) is 24.3 Å². The van der Waals surface area contributed by atoms with Crippen molar-refractivity contribution in [2.75, 3.05) is 13.3 Å². The first-order chi connectivity index (χ1) is 14.5. The van der Waals surface area contributed by atoms with Gasteiger partial charge < -0.3 is 9.47 Å². The maximum atomic E-state index is 13.2. The van der Waals surface area contributed by atoms with Crippen molar-refractivity contribution < 1.29 is 22.7 Å². The first kappa shape index (κ1) is 18.4. The Balaban J connectivity index is 1.55. The molecule has 0 saturated carbocycles. The fourth-order valence-electron chi connectivity index (χ4n) is 3.43. The Morgan fingerprint density at radius 3 is 2.50 bits per heavy atom. The number of hydrazone groups is 1. The molecule has 2 aliphatic rings. The average Bonchev–Trinajstić information content (AvgIpc) is 3.24. The van der Waals surface area contributed by atoms with Crippen molar-refractivity contribution in [1.29, 1.82) is 0 Å². The third kappa shape index (κ3) is 3.02. The summed E-state index contributed by atoms with van der Waals surface area (Å²) < 4.78 is 37.7. The van der Waals surface area contributed by atoms with E-state index in [2.05, 4.69) is 5.10 Å². The van der Waals surface area contributed by atoms with Gasteiger partial charge in [0.05, 0.1) is 4.90 Å². The monoisotopic (exact) mass is 420 g/mol. The molecule has 7 nitrogen and oxygen atoms in total. The molecule has 3 aromatic carbocycles. The molecular formula is C22H16N2O5S. The number of carbonyl (C=O) groups is 1. The first-order valence-electron chi connectivity index (χ1n) is 9.23. The number of Topliss-reactive ketones (excluding diaryl/α,β-unsaturated/α-hetero) is 1. The minimum Gasteiger partial charge on any atom is -0.454 e. The largest absolute Gasteiger partial charge is 0.454 e. The fraction of sp³-hybridized carbons (Fsp3) is 0.0909. The zero-order valence-corrected chi connectivity index (χ0v) is 16.5. The molecule has 0 spiro atoms. The molecule has 0 aromatic heterocycles. The van der Waals surface area contributed by atoms with E-state index in [1.165, 1.54) is 6.07 Å². The summed E-state index contributed by atoms with van der Waals surface area (Å²) in [5.41, 5.74) is 2.10. The van der Waals surface area contributed by atoms with Crippen molar-refractivity contribution in [2.24, 2.45) is 5.10 Å². The van der Waals surface area contributed by atoms with Crippen LogP contribution >= 0.6 is 0 Å². The SMILES string of the molecule is O=C(CN1N=C(c2ccccc2)c2ccccc2S1(=O)=O)c1ccc2c(c1)OCO2. The third-order valence-electron chi connectivity index (χ3n) is 4.93. The van der Waals surface area contributed by atoms with E-state index in [9.17, 15) is 13.2 Å².